The van der Waals surface area contributed by atoms with Gasteiger partial charge >= 0.3 is 6.03 Å². The first-order valence-corrected chi connectivity index (χ1v) is 7.74. The molecule has 0 radical (unpaired) electrons. The molecule has 4 rings (SSSR count). The summed E-state index contributed by atoms with van der Waals surface area (Å²) in [5.74, 6) is 0. The number of aryl methyl sites for hydroxylation is 1. The van der Waals surface area contributed by atoms with Crippen molar-refractivity contribution in [2.45, 2.75) is 18.9 Å². The van der Waals surface area contributed by atoms with Crippen molar-refractivity contribution in [3.63, 3.8) is 0 Å². The maximum atomic E-state index is 12.1. The van der Waals surface area contributed by atoms with E-state index in [4.69, 9.17) is 11.6 Å². The number of urea groups is 1. The van der Waals surface area contributed by atoms with E-state index in [1.165, 1.54) is 11.1 Å². The summed E-state index contributed by atoms with van der Waals surface area (Å²) in [7, 11) is 0. The molecule has 0 saturated carbocycles. The van der Waals surface area contributed by atoms with Crippen LogP contribution in [0.3, 0.4) is 0 Å². The molecular formula is C18H15ClN2O. The maximum Gasteiger partial charge on any atom is 0.319 e. The third kappa shape index (κ3) is 2.18. The van der Waals surface area contributed by atoms with Gasteiger partial charge in [0.05, 0.1) is 11.7 Å². The van der Waals surface area contributed by atoms with Gasteiger partial charge in [0.2, 0.25) is 0 Å². The topological polar surface area (TPSA) is 41.1 Å². The van der Waals surface area contributed by atoms with Crippen molar-refractivity contribution in [3.8, 4) is 0 Å². The van der Waals surface area contributed by atoms with E-state index < -0.39 is 0 Å². The molecule has 0 bridgehead atoms. The second-order valence-electron chi connectivity index (χ2n) is 5.64. The van der Waals surface area contributed by atoms with Crippen LogP contribution in [-0.2, 0) is 6.42 Å². The fourth-order valence-corrected chi connectivity index (χ4v) is 3.42. The Balaban J connectivity index is 1.84. The number of hydrogen-bond acceptors (Lipinski definition) is 1. The van der Waals surface area contributed by atoms with Gasteiger partial charge in [0.1, 0.15) is 0 Å². The molecule has 0 saturated heterocycles. The number of carbonyl (C=O) groups is 1. The molecule has 1 atom stereocenters. The van der Waals surface area contributed by atoms with E-state index in [0.717, 1.165) is 29.7 Å². The van der Waals surface area contributed by atoms with Crippen LogP contribution in [0.4, 0.5) is 4.79 Å². The van der Waals surface area contributed by atoms with E-state index in [2.05, 4.69) is 22.8 Å². The molecule has 0 aromatic heterocycles. The van der Waals surface area contributed by atoms with Gasteiger partial charge in [-0.25, -0.2) is 4.79 Å². The molecule has 2 N–H and O–H groups in total. The van der Waals surface area contributed by atoms with Crippen LogP contribution in [0.25, 0.3) is 5.70 Å². The minimum atomic E-state index is -0.157. The number of rotatable bonds is 1. The van der Waals surface area contributed by atoms with Crippen molar-refractivity contribution in [2.75, 3.05) is 0 Å². The Bertz CT molecular complexity index is 780. The van der Waals surface area contributed by atoms with Crippen LogP contribution in [0.5, 0.6) is 0 Å². The van der Waals surface area contributed by atoms with Crippen molar-refractivity contribution >= 4 is 23.3 Å². The van der Waals surface area contributed by atoms with Gasteiger partial charge in [-0.1, -0.05) is 48.0 Å². The molecule has 1 heterocycles. The summed E-state index contributed by atoms with van der Waals surface area (Å²) in [5.41, 5.74) is 5.69. The lowest BCUT2D eigenvalue weighted by atomic mass is 9.83. The second kappa shape index (κ2) is 5.18. The molecule has 110 valence electrons. The minimum Gasteiger partial charge on any atom is -0.327 e. The van der Waals surface area contributed by atoms with Crippen molar-refractivity contribution in [2.24, 2.45) is 0 Å². The highest BCUT2D eigenvalue weighted by Crippen LogP contribution is 2.38. The second-order valence-corrected chi connectivity index (χ2v) is 6.08. The first-order valence-electron chi connectivity index (χ1n) is 7.36. The summed E-state index contributed by atoms with van der Waals surface area (Å²) in [4.78, 5) is 12.1. The predicted molar refractivity (Wildman–Crippen MR) is 87.5 cm³/mol. The van der Waals surface area contributed by atoms with Crippen molar-refractivity contribution in [3.05, 3.63) is 75.8 Å². The number of benzene rings is 2. The van der Waals surface area contributed by atoms with E-state index >= 15 is 0 Å². The van der Waals surface area contributed by atoms with Gasteiger partial charge in [0.15, 0.2) is 0 Å². The van der Waals surface area contributed by atoms with Crippen LogP contribution >= 0.6 is 11.6 Å². The quantitative estimate of drug-likeness (QED) is 0.819. The lowest BCUT2D eigenvalue weighted by Gasteiger charge is -2.34. The molecule has 0 fully saturated rings. The first kappa shape index (κ1) is 13.4. The van der Waals surface area contributed by atoms with Crippen molar-refractivity contribution < 1.29 is 4.79 Å². The van der Waals surface area contributed by atoms with Gasteiger partial charge in [-0.05, 0) is 41.7 Å². The van der Waals surface area contributed by atoms with E-state index in [-0.39, 0.29) is 12.1 Å². The Morgan fingerprint density at radius 2 is 1.77 bits per heavy atom. The first-order chi connectivity index (χ1) is 10.7. The van der Waals surface area contributed by atoms with Crippen molar-refractivity contribution in [1.29, 1.82) is 0 Å². The molecule has 1 aliphatic carbocycles. The fraction of sp³-hybridized carbons (Fsp3) is 0.167. The maximum absolute atomic E-state index is 12.1. The number of carbonyl (C=O) groups excluding carboxylic acids is 1. The normalized spacial score (nSPS) is 19.9. The molecule has 1 unspecified atom stereocenters. The third-order valence-electron chi connectivity index (χ3n) is 4.34. The van der Waals surface area contributed by atoms with Gasteiger partial charge < -0.3 is 10.6 Å². The SMILES string of the molecule is O=C1NC2=C(CCc3ccccc32)C(c2ccc(Cl)cc2)N1. The molecule has 2 amide bonds. The minimum absolute atomic E-state index is 0.0885. The van der Waals surface area contributed by atoms with Gasteiger partial charge in [-0.15, -0.1) is 0 Å². The standard InChI is InChI=1S/C18H15ClN2O/c19-13-8-5-12(6-9-13)16-15-10-7-11-3-1-2-4-14(11)17(15)21-18(22)20-16/h1-6,8-9,16H,7,10H2,(H2,20,21,22). The molecule has 2 aliphatic rings. The number of halogens is 1. The molecular weight excluding hydrogens is 296 g/mol. The predicted octanol–water partition coefficient (Wildman–Crippen LogP) is 4.05. The van der Waals surface area contributed by atoms with E-state index in [1.54, 1.807) is 0 Å². The average Bonchev–Trinajstić information content (AvgIpc) is 2.55. The van der Waals surface area contributed by atoms with Gasteiger partial charge in [-0.3, -0.25) is 0 Å². The molecule has 4 heteroatoms. The number of fused-ring (bicyclic) bond motifs is 2. The summed E-state index contributed by atoms with van der Waals surface area (Å²) in [5, 5.41) is 6.72. The monoisotopic (exact) mass is 310 g/mol. The number of amides is 2. The Morgan fingerprint density at radius 1 is 1.00 bits per heavy atom. The number of nitrogens with one attached hydrogen (secondary N) is 2. The average molecular weight is 311 g/mol. The zero-order chi connectivity index (χ0) is 15.1. The molecule has 0 spiro atoms. The Morgan fingerprint density at radius 3 is 2.59 bits per heavy atom. The molecule has 2 aromatic rings. The largest absolute Gasteiger partial charge is 0.327 e. The van der Waals surface area contributed by atoms with Crippen LogP contribution < -0.4 is 10.6 Å². The Kier molecular flexibility index (Phi) is 3.16. The summed E-state index contributed by atoms with van der Waals surface area (Å²) in [6.07, 6.45) is 1.93. The third-order valence-corrected chi connectivity index (χ3v) is 4.59. The van der Waals surface area contributed by atoms with Crippen molar-refractivity contribution in [1.82, 2.24) is 10.6 Å². The highest BCUT2D eigenvalue weighted by atomic mass is 35.5. The van der Waals surface area contributed by atoms with Crippen LogP contribution in [0.2, 0.25) is 5.02 Å². The Hall–Kier alpha value is -2.26. The smallest absolute Gasteiger partial charge is 0.319 e. The van der Waals surface area contributed by atoms with E-state index in [1.807, 2.05) is 36.4 Å². The lowest BCUT2D eigenvalue weighted by molar-refractivity contribution is 0.240. The fourth-order valence-electron chi connectivity index (χ4n) is 3.29. The van der Waals surface area contributed by atoms with Crippen LogP contribution in [0.1, 0.15) is 29.2 Å². The highest BCUT2D eigenvalue weighted by Gasteiger charge is 2.31. The zero-order valence-electron chi connectivity index (χ0n) is 11.9. The molecule has 2 aromatic carbocycles. The van der Waals surface area contributed by atoms with Crippen LogP contribution in [0, 0.1) is 0 Å². The molecule has 1 aliphatic heterocycles. The van der Waals surface area contributed by atoms with Crippen LogP contribution in [-0.4, -0.2) is 6.03 Å². The number of hydrogen-bond donors (Lipinski definition) is 2. The molecule has 3 nitrogen and oxygen atoms in total. The van der Waals surface area contributed by atoms with E-state index in [9.17, 15) is 4.79 Å². The van der Waals surface area contributed by atoms with Gasteiger partial charge in [0, 0.05) is 10.6 Å². The van der Waals surface area contributed by atoms with E-state index in [0.29, 0.717) is 5.02 Å². The summed E-state index contributed by atoms with van der Waals surface area (Å²) in [6.45, 7) is 0. The van der Waals surface area contributed by atoms with Crippen LogP contribution in [0.15, 0.2) is 54.1 Å². The molecule has 22 heavy (non-hydrogen) atoms. The zero-order valence-corrected chi connectivity index (χ0v) is 12.7. The van der Waals surface area contributed by atoms with Gasteiger partial charge in [0.25, 0.3) is 0 Å². The summed E-state index contributed by atoms with van der Waals surface area (Å²) < 4.78 is 0. The summed E-state index contributed by atoms with van der Waals surface area (Å²) in [6, 6.07) is 15.7. The Labute approximate surface area is 134 Å². The highest BCUT2D eigenvalue weighted by molar-refractivity contribution is 6.30. The lowest BCUT2D eigenvalue weighted by Crippen LogP contribution is -2.44. The van der Waals surface area contributed by atoms with Gasteiger partial charge in [-0.2, -0.15) is 0 Å². The summed E-state index contributed by atoms with van der Waals surface area (Å²) >= 11 is 5.97.